The summed E-state index contributed by atoms with van der Waals surface area (Å²) in [6, 6.07) is 10.4. The van der Waals surface area contributed by atoms with E-state index >= 15 is 0 Å². The number of fused-ring (bicyclic) bond motifs is 1. The van der Waals surface area contributed by atoms with Crippen molar-refractivity contribution in [3.8, 4) is 0 Å². The fourth-order valence-corrected chi connectivity index (χ4v) is 2.48. The van der Waals surface area contributed by atoms with Crippen LogP contribution in [-0.4, -0.2) is 0 Å². The van der Waals surface area contributed by atoms with E-state index in [2.05, 4.69) is 54.6 Å². The molecule has 1 aromatic carbocycles. The molecule has 0 heterocycles. The lowest BCUT2D eigenvalue weighted by Gasteiger charge is -2.25. The third-order valence-corrected chi connectivity index (χ3v) is 3.39. The molecule has 84 valence electrons. The Kier molecular flexibility index (Phi) is 2.45. The molecule has 1 heteroatoms. The quantitative estimate of drug-likeness (QED) is 0.772. The smallest absolute Gasteiger partial charge is 0.0429 e. The standard InChI is InChI=1S/C16H15N/c17-16-14-9-5-4-8-13(14)10-11-15(16)12-6-2-1-3-7-12/h1-9,11,13H,10,17H2. The van der Waals surface area contributed by atoms with Gasteiger partial charge in [0.05, 0.1) is 0 Å². The van der Waals surface area contributed by atoms with Gasteiger partial charge < -0.3 is 5.73 Å². The molecule has 1 unspecified atom stereocenters. The molecule has 0 spiro atoms. The van der Waals surface area contributed by atoms with Crippen LogP contribution in [0.3, 0.4) is 0 Å². The number of nitrogens with two attached hydrogens (primary N) is 1. The Morgan fingerprint density at radius 1 is 1.06 bits per heavy atom. The van der Waals surface area contributed by atoms with Gasteiger partial charge in [-0.2, -0.15) is 0 Å². The van der Waals surface area contributed by atoms with Gasteiger partial charge in [-0.3, -0.25) is 0 Å². The van der Waals surface area contributed by atoms with Gasteiger partial charge in [-0.15, -0.1) is 0 Å². The Morgan fingerprint density at radius 2 is 1.88 bits per heavy atom. The van der Waals surface area contributed by atoms with Gasteiger partial charge in [-0.1, -0.05) is 60.7 Å². The summed E-state index contributed by atoms with van der Waals surface area (Å²) in [5, 5.41) is 0. The second-order valence-corrected chi connectivity index (χ2v) is 4.44. The Hall–Kier alpha value is -2.02. The summed E-state index contributed by atoms with van der Waals surface area (Å²) in [5.41, 5.74) is 10.9. The second-order valence-electron chi connectivity index (χ2n) is 4.44. The van der Waals surface area contributed by atoms with Crippen molar-refractivity contribution in [1.29, 1.82) is 0 Å². The van der Waals surface area contributed by atoms with Gasteiger partial charge >= 0.3 is 0 Å². The lowest BCUT2D eigenvalue weighted by atomic mass is 9.82. The van der Waals surface area contributed by atoms with Gasteiger partial charge in [-0.25, -0.2) is 0 Å². The largest absolute Gasteiger partial charge is 0.398 e. The molecule has 2 N–H and O–H groups in total. The summed E-state index contributed by atoms with van der Waals surface area (Å²) in [6.07, 6.45) is 11.8. The van der Waals surface area contributed by atoms with Crippen LogP contribution < -0.4 is 5.73 Å². The highest BCUT2D eigenvalue weighted by molar-refractivity contribution is 5.81. The third kappa shape index (κ3) is 1.74. The Balaban J connectivity index is 2.05. The maximum Gasteiger partial charge on any atom is 0.0429 e. The summed E-state index contributed by atoms with van der Waals surface area (Å²) in [4.78, 5) is 0. The molecule has 17 heavy (non-hydrogen) atoms. The third-order valence-electron chi connectivity index (χ3n) is 3.39. The minimum Gasteiger partial charge on any atom is -0.398 e. The average molecular weight is 221 g/mol. The van der Waals surface area contributed by atoms with Gasteiger partial charge in [0, 0.05) is 17.2 Å². The Bertz CT molecular complexity index is 544. The highest BCUT2D eigenvalue weighted by atomic mass is 14.6. The van der Waals surface area contributed by atoms with Crippen LogP contribution in [0, 0.1) is 5.92 Å². The van der Waals surface area contributed by atoms with Crippen molar-refractivity contribution in [2.75, 3.05) is 0 Å². The van der Waals surface area contributed by atoms with E-state index < -0.39 is 0 Å². The Labute approximate surface area is 102 Å². The Morgan fingerprint density at radius 3 is 2.71 bits per heavy atom. The van der Waals surface area contributed by atoms with Crippen LogP contribution in [-0.2, 0) is 0 Å². The zero-order valence-electron chi connectivity index (χ0n) is 9.64. The number of hydrogen-bond donors (Lipinski definition) is 1. The molecule has 3 rings (SSSR count). The molecule has 0 aliphatic heterocycles. The molecule has 0 aromatic heterocycles. The zero-order valence-corrected chi connectivity index (χ0v) is 9.64. The lowest BCUT2D eigenvalue weighted by molar-refractivity contribution is 0.770. The molecule has 0 radical (unpaired) electrons. The minimum absolute atomic E-state index is 0.465. The summed E-state index contributed by atoms with van der Waals surface area (Å²) < 4.78 is 0. The van der Waals surface area contributed by atoms with Crippen LogP contribution in [0.1, 0.15) is 12.0 Å². The van der Waals surface area contributed by atoms with E-state index in [1.54, 1.807) is 0 Å². The first-order chi connectivity index (χ1) is 8.36. The van der Waals surface area contributed by atoms with Crippen LogP contribution >= 0.6 is 0 Å². The molecular formula is C16H15N. The van der Waals surface area contributed by atoms with Gasteiger partial charge in [0.1, 0.15) is 0 Å². The normalized spacial score (nSPS) is 22.4. The summed E-state index contributed by atoms with van der Waals surface area (Å²) in [5.74, 6) is 0.465. The molecule has 0 bridgehead atoms. The van der Waals surface area contributed by atoms with E-state index in [4.69, 9.17) is 5.73 Å². The summed E-state index contributed by atoms with van der Waals surface area (Å²) in [7, 11) is 0. The summed E-state index contributed by atoms with van der Waals surface area (Å²) in [6.45, 7) is 0. The van der Waals surface area contributed by atoms with Crippen LogP contribution in [0.5, 0.6) is 0 Å². The molecule has 1 nitrogen and oxygen atoms in total. The molecule has 0 saturated heterocycles. The molecular weight excluding hydrogens is 206 g/mol. The van der Waals surface area contributed by atoms with Gasteiger partial charge in [0.25, 0.3) is 0 Å². The van der Waals surface area contributed by atoms with Crippen molar-refractivity contribution in [1.82, 2.24) is 0 Å². The SMILES string of the molecule is NC1=C2C=CC=CC2CC=C1c1ccccc1. The van der Waals surface area contributed by atoms with E-state index in [0.29, 0.717) is 5.92 Å². The fourth-order valence-electron chi connectivity index (χ4n) is 2.48. The van der Waals surface area contributed by atoms with E-state index in [-0.39, 0.29) is 0 Å². The first kappa shape index (κ1) is 10.2. The van der Waals surface area contributed by atoms with E-state index in [9.17, 15) is 0 Å². The predicted octanol–water partition coefficient (Wildman–Crippen LogP) is 3.43. The minimum atomic E-state index is 0.465. The van der Waals surface area contributed by atoms with Crippen molar-refractivity contribution in [3.63, 3.8) is 0 Å². The van der Waals surface area contributed by atoms with Crippen LogP contribution in [0.4, 0.5) is 0 Å². The van der Waals surface area contributed by atoms with Crippen LogP contribution in [0.25, 0.3) is 5.57 Å². The van der Waals surface area contributed by atoms with Crippen LogP contribution in [0.15, 0.2) is 72.0 Å². The first-order valence-electron chi connectivity index (χ1n) is 5.97. The van der Waals surface area contributed by atoms with E-state index in [1.165, 1.54) is 16.7 Å². The van der Waals surface area contributed by atoms with Crippen LogP contribution in [0.2, 0.25) is 0 Å². The number of hydrogen-bond acceptors (Lipinski definition) is 1. The number of benzene rings is 1. The molecule has 1 atom stereocenters. The van der Waals surface area contributed by atoms with E-state index in [1.807, 2.05) is 6.07 Å². The number of allylic oxidation sites excluding steroid dienone is 7. The average Bonchev–Trinajstić information content (AvgIpc) is 2.40. The molecule has 0 amide bonds. The van der Waals surface area contributed by atoms with Gasteiger partial charge in [-0.05, 0) is 17.6 Å². The monoisotopic (exact) mass is 221 g/mol. The molecule has 0 saturated carbocycles. The first-order valence-corrected chi connectivity index (χ1v) is 5.97. The number of rotatable bonds is 1. The van der Waals surface area contributed by atoms with Gasteiger partial charge in [0.2, 0.25) is 0 Å². The van der Waals surface area contributed by atoms with Crippen molar-refractivity contribution in [2.24, 2.45) is 11.7 Å². The van der Waals surface area contributed by atoms with Crippen molar-refractivity contribution < 1.29 is 0 Å². The molecule has 0 fully saturated rings. The molecule has 1 aromatic rings. The fraction of sp³-hybridized carbons (Fsp3) is 0.125. The highest BCUT2D eigenvalue weighted by Gasteiger charge is 2.21. The van der Waals surface area contributed by atoms with Crippen molar-refractivity contribution in [2.45, 2.75) is 6.42 Å². The maximum atomic E-state index is 6.29. The van der Waals surface area contributed by atoms with E-state index in [0.717, 1.165) is 12.1 Å². The highest BCUT2D eigenvalue weighted by Crippen LogP contribution is 2.35. The van der Waals surface area contributed by atoms with Crippen molar-refractivity contribution >= 4 is 5.57 Å². The zero-order chi connectivity index (χ0) is 11.7. The topological polar surface area (TPSA) is 26.0 Å². The van der Waals surface area contributed by atoms with Crippen molar-refractivity contribution in [3.05, 3.63) is 77.5 Å². The maximum absolute atomic E-state index is 6.29. The van der Waals surface area contributed by atoms with Gasteiger partial charge in [0.15, 0.2) is 0 Å². The lowest BCUT2D eigenvalue weighted by Crippen LogP contribution is -2.15. The second kappa shape index (κ2) is 4.10. The predicted molar refractivity (Wildman–Crippen MR) is 72.0 cm³/mol. The molecule has 2 aliphatic rings. The molecule has 2 aliphatic carbocycles. The summed E-state index contributed by atoms with van der Waals surface area (Å²) >= 11 is 0.